The molecule has 0 bridgehead atoms. The van der Waals surface area contributed by atoms with E-state index in [0.29, 0.717) is 12.0 Å². The fraction of sp³-hybridized carbons (Fsp3) is 0.647. The molecule has 0 saturated carbocycles. The lowest BCUT2D eigenvalue weighted by Gasteiger charge is -2.29. The molecule has 3 heteroatoms. The van der Waals surface area contributed by atoms with Crippen LogP contribution in [0.5, 0.6) is 5.75 Å². The number of nitrogens with one attached hydrogen (secondary N) is 1. The van der Waals surface area contributed by atoms with Gasteiger partial charge in [0.25, 0.3) is 0 Å². The molecule has 0 radical (unpaired) electrons. The van der Waals surface area contributed by atoms with Gasteiger partial charge in [-0.15, -0.1) is 0 Å². The third-order valence-electron chi connectivity index (χ3n) is 3.98. The topological polar surface area (TPSA) is 21.3 Å². The first-order valence-corrected chi connectivity index (χ1v) is 8.45. The molecule has 0 fully saturated rings. The molecule has 1 aromatic carbocycles. The predicted octanol–water partition coefficient (Wildman–Crippen LogP) is 5.24. The van der Waals surface area contributed by atoms with Gasteiger partial charge < -0.3 is 10.1 Å². The normalized spacial score (nSPS) is 12.8. The van der Waals surface area contributed by atoms with E-state index in [-0.39, 0.29) is 0 Å². The molecule has 1 atom stereocenters. The molecular formula is C17H28BrNO. The highest BCUT2D eigenvalue weighted by molar-refractivity contribution is 9.10. The highest BCUT2D eigenvalue weighted by Crippen LogP contribution is 2.36. The summed E-state index contributed by atoms with van der Waals surface area (Å²) in [6.45, 7) is 9.88. The second-order valence-corrected chi connectivity index (χ2v) is 6.21. The third-order valence-corrected chi connectivity index (χ3v) is 4.83. The molecule has 2 nitrogen and oxygen atoms in total. The number of rotatable bonds is 8. The van der Waals surface area contributed by atoms with Crippen LogP contribution in [0.15, 0.2) is 16.6 Å². The summed E-state index contributed by atoms with van der Waals surface area (Å²) in [5.74, 6) is 1.62. The van der Waals surface area contributed by atoms with Crippen molar-refractivity contribution in [2.24, 2.45) is 5.92 Å². The fourth-order valence-corrected chi connectivity index (χ4v) is 3.04. The average molecular weight is 342 g/mol. The van der Waals surface area contributed by atoms with Crippen LogP contribution in [-0.4, -0.2) is 13.7 Å². The molecule has 1 unspecified atom stereocenters. The number of halogens is 1. The molecule has 0 heterocycles. The molecule has 0 aliphatic carbocycles. The second kappa shape index (κ2) is 8.68. The molecule has 114 valence electrons. The van der Waals surface area contributed by atoms with E-state index in [9.17, 15) is 0 Å². The Kier molecular flexibility index (Phi) is 7.60. The molecule has 1 aromatic rings. The van der Waals surface area contributed by atoms with E-state index in [2.05, 4.69) is 61.1 Å². The smallest absolute Gasteiger partial charge is 0.123 e. The van der Waals surface area contributed by atoms with Crippen molar-refractivity contribution in [3.8, 4) is 5.75 Å². The van der Waals surface area contributed by atoms with E-state index in [1.54, 1.807) is 7.11 Å². The molecule has 0 spiro atoms. The Hall–Kier alpha value is -0.540. The molecule has 1 rings (SSSR count). The monoisotopic (exact) mass is 341 g/mol. The van der Waals surface area contributed by atoms with Crippen LogP contribution in [0.2, 0.25) is 0 Å². The minimum Gasteiger partial charge on any atom is -0.496 e. The maximum atomic E-state index is 5.62. The van der Waals surface area contributed by atoms with Crippen molar-refractivity contribution in [3.05, 3.63) is 27.7 Å². The molecule has 0 saturated heterocycles. The number of hydrogen-bond donors (Lipinski definition) is 1. The third kappa shape index (κ3) is 4.23. The highest BCUT2D eigenvalue weighted by atomic mass is 79.9. The number of methoxy groups -OCH3 is 1. The van der Waals surface area contributed by atoms with Crippen LogP contribution in [-0.2, 0) is 0 Å². The van der Waals surface area contributed by atoms with Gasteiger partial charge in [0.05, 0.1) is 7.11 Å². The summed E-state index contributed by atoms with van der Waals surface area (Å²) in [6.07, 6.45) is 3.49. The zero-order valence-electron chi connectivity index (χ0n) is 13.4. The van der Waals surface area contributed by atoms with Crippen LogP contribution in [0.4, 0.5) is 0 Å². The first kappa shape index (κ1) is 17.5. The van der Waals surface area contributed by atoms with Crippen LogP contribution >= 0.6 is 15.9 Å². The van der Waals surface area contributed by atoms with Crippen molar-refractivity contribution >= 4 is 15.9 Å². The van der Waals surface area contributed by atoms with Crippen molar-refractivity contribution in [1.82, 2.24) is 5.32 Å². The number of ether oxygens (including phenoxy) is 1. The Labute approximate surface area is 132 Å². The van der Waals surface area contributed by atoms with Crippen LogP contribution in [0.3, 0.4) is 0 Å². The lowest BCUT2D eigenvalue weighted by atomic mass is 9.88. The minimum atomic E-state index is 0.358. The molecule has 0 aromatic heterocycles. The average Bonchev–Trinajstić information content (AvgIpc) is 2.46. The summed E-state index contributed by atoms with van der Waals surface area (Å²) in [5, 5.41) is 3.71. The largest absolute Gasteiger partial charge is 0.496 e. The summed E-state index contributed by atoms with van der Waals surface area (Å²) in [4.78, 5) is 0. The first-order chi connectivity index (χ1) is 9.58. The Balaban J connectivity index is 3.20. The number of hydrogen-bond acceptors (Lipinski definition) is 2. The Bertz CT molecular complexity index is 416. The molecular weight excluding hydrogens is 314 g/mol. The van der Waals surface area contributed by atoms with Gasteiger partial charge in [-0.1, -0.05) is 49.5 Å². The van der Waals surface area contributed by atoms with Crippen molar-refractivity contribution in [3.63, 3.8) is 0 Å². The van der Waals surface area contributed by atoms with Gasteiger partial charge in [0, 0.05) is 16.1 Å². The summed E-state index contributed by atoms with van der Waals surface area (Å²) < 4.78 is 6.78. The maximum Gasteiger partial charge on any atom is 0.123 e. The van der Waals surface area contributed by atoms with Gasteiger partial charge in [-0.25, -0.2) is 0 Å². The standard InChI is InChI=1S/C17H28BrNO/c1-6-9-19-17(13(7-2)8-3)14-11-15(18)12(4)10-16(14)20-5/h10-11,13,17,19H,6-9H2,1-5H3. The van der Waals surface area contributed by atoms with Crippen LogP contribution in [0, 0.1) is 12.8 Å². The van der Waals surface area contributed by atoms with E-state index < -0.39 is 0 Å². The van der Waals surface area contributed by atoms with Crippen LogP contribution in [0.1, 0.15) is 57.2 Å². The molecule has 1 N–H and O–H groups in total. The van der Waals surface area contributed by atoms with Gasteiger partial charge in [-0.05, 0) is 43.5 Å². The number of aryl methyl sites for hydroxylation is 1. The zero-order valence-corrected chi connectivity index (χ0v) is 15.0. The summed E-state index contributed by atoms with van der Waals surface area (Å²) in [6, 6.07) is 4.71. The van der Waals surface area contributed by atoms with E-state index >= 15 is 0 Å². The minimum absolute atomic E-state index is 0.358. The van der Waals surface area contributed by atoms with Crippen LogP contribution in [0.25, 0.3) is 0 Å². The zero-order chi connectivity index (χ0) is 15.1. The lowest BCUT2D eigenvalue weighted by molar-refractivity contribution is 0.325. The Morgan fingerprint density at radius 1 is 1.20 bits per heavy atom. The van der Waals surface area contributed by atoms with E-state index in [0.717, 1.165) is 23.2 Å². The van der Waals surface area contributed by atoms with Crippen molar-refractivity contribution < 1.29 is 4.74 Å². The van der Waals surface area contributed by atoms with E-state index in [1.807, 2.05) is 0 Å². The quantitative estimate of drug-likeness (QED) is 0.697. The van der Waals surface area contributed by atoms with E-state index in [4.69, 9.17) is 4.74 Å². The Morgan fingerprint density at radius 3 is 2.35 bits per heavy atom. The second-order valence-electron chi connectivity index (χ2n) is 5.35. The predicted molar refractivity (Wildman–Crippen MR) is 90.5 cm³/mol. The lowest BCUT2D eigenvalue weighted by Crippen LogP contribution is -2.29. The highest BCUT2D eigenvalue weighted by Gasteiger charge is 2.23. The van der Waals surface area contributed by atoms with Gasteiger partial charge >= 0.3 is 0 Å². The maximum absolute atomic E-state index is 5.62. The van der Waals surface area contributed by atoms with Crippen molar-refractivity contribution in [2.45, 2.75) is 53.0 Å². The van der Waals surface area contributed by atoms with Gasteiger partial charge in [-0.2, -0.15) is 0 Å². The van der Waals surface area contributed by atoms with Crippen molar-refractivity contribution in [1.29, 1.82) is 0 Å². The van der Waals surface area contributed by atoms with E-state index in [1.165, 1.54) is 24.0 Å². The first-order valence-electron chi connectivity index (χ1n) is 7.66. The molecule has 0 amide bonds. The van der Waals surface area contributed by atoms with Gasteiger partial charge in [-0.3, -0.25) is 0 Å². The molecule has 20 heavy (non-hydrogen) atoms. The van der Waals surface area contributed by atoms with Gasteiger partial charge in [0.1, 0.15) is 5.75 Å². The Morgan fingerprint density at radius 2 is 1.85 bits per heavy atom. The van der Waals surface area contributed by atoms with Gasteiger partial charge in [0.2, 0.25) is 0 Å². The summed E-state index contributed by atoms with van der Waals surface area (Å²) >= 11 is 3.66. The SMILES string of the molecule is CCCNC(c1cc(Br)c(C)cc1OC)C(CC)CC. The summed E-state index contributed by atoms with van der Waals surface area (Å²) in [7, 11) is 1.76. The fourth-order valence-electron chi connectivity index (χ4n) is 2.68. The van der Waals surface area contributed by atoms with Crippen molar-refractivity contribution in [2.75, 3.05) is 13.7 Å². The molecule has 0 aliphatic rings. The van der Waals surface area contributed by atoms with Crippen LogP contribution < -0.4 is 10.1 Å². The number of benzene rings is 1. The van der Waals surface area contributed by atoms with Gasteiger partial charge in [0.15, 0.2) is 0 Å². The molecule has 0 aliphatic heterocycles. The summed E-state index contributed by atoms with van der Waals surface area (Å²) in [5.41, 5.74) is 2.48.